The van der Waals surface area contributed by atoms with Crippen LogP contribution in [0.1, 0.15) is 43.9 Å². The quantitative estimate of drug-likeness (QED) is 0.375. The number of hydrogen-bond acceptors (Lipinski definition) is 6. The zero-order valence-electron chi connectivity index (χ0n) is 22.4. The van der Waals surface area contributed by atoms with E-state index in [0.29, 0.717) is 29.7 Å². The van der Waals surface area contributed by atoms with Gasteiger partial charge < -0.3 is 15.4 Å². The van der Waals surface area contributed by atoms with Crippen molar-refractivity contribution in [2.75, 3.05) is 18.8 Å². The van der Waals surface area contributed by atoms with Crippen molar-refractivity contribution in [1.29, 1.82) is 0 Å². The van der Waals surface area contributed by atoms with E-state index >= 15 is 0 Å². The van der Waals surface area contributed by atoms with E-state index in [-0.39, 0.29) is 29.4 Å². The summed E-state index contributed by atoms with van der Waals surface area (Å²) in [4.78, 5) is 26.9. The van der Waals surface area contributed by atoms with Crippen LogP contribution in [0.15, 0.2) is 66.0 Å². The lowest BCUT2D eigenvalue weighted by molar-refractivity contribution is -0.127. The minimum absolute atomic E-state index is 0.106. The molecule has 1 aliphatic carbocycles. The van der Waals surface area contributed by atoms with E-state index in [0.717, 1.165) is 37.0 Å². The molecular weight excluding hydrogens is 492 g/mol. The fourth-order valence-corrected chi connectivity index (χ4v) is 5.55. The van der Waals surface area contributed by atoms with Gasteiger partial charge in [-0.25, -0.2) is 5.10 Å². The maximum absolute atomic E-state index is 12.9. The molecule has 4 aromatic rings. The molecule has 1 unspecified atom stereocenters. The van der Waals surface area contributed by atoms with Crippen LogP contribution < -0.4 is 16.0 Å². The number of fused-ring (bicyclic) bond motifs is 2. The van der Waals surface area contributed by atoms with Gasteiger partial charge in [-0.05, 0) is 54.3 Å². The van der Waals surface area contributed by atoms with E-state index in [1.807, 2.05) is 38.1 Å². The minimum atomic E-state index is -0.365. The molecule has 202 valence electrons. The van der Waals surface area contributed by atoms with Crippen molar-refractivity contribution in [3.63, 3.8) is 0 Å². The van der Waals surface area contributed by atoms with E-state index < -0.39 is 0 Å². The van der Waals surface area contributed by atoms with Gasteiger partial charge in [0.2, 0.25) is 5.91 Å². The molecule has 1 fully saturated rings. The van der Waals surface area contributed by atoms with Gasteiger partial charge in [0.1, 0.15) is 23.1 Å². The van der Waals surface area contributed by atoms with Crippen molar-refractivity contribution in [1.82, 2.24) is 24.9 Å². The number of amides is 1. The Bertz CT molecular complexity index is 1530. The van der Waals surface area contributed by atoms with Crippen LogP contribution in [-0.2, 0) is 17.6 Å². The lowest BCUT2D eigenvalue weighted by Crippen LogP contribution is -2.40. The lowest BCUT2D eigenvalue weighted by atomic mass is 10.1. The van der Waals surface area contributed by atoms with E-state index in [4.69, 9.17) is 15.6 Å². The Morgan fingerprint density at radius 1 is 1.13 bits per heavy atom. The highest BCUT2D eigenvalue weighted by Gasteiger charge is 2.29. The smallest absolute Gasteiger partial charge is 0.290 e. The van der Waals surface area contributed by atoms with Crippen LogP contribution in [0.25, 0.3) is 22.2 Å². The van der Waals surface area contributed by atoms with Gasteiger partial charge in [-0.2, -0.15) is 10.2 Å². The first-order valence-corrected chi connectivity index (χ1v) is 13.5. The van der Waals surface area contributed by atoms with Gasteiger partial charge in [-0.15, -0.1) is 0 Å². The first-order valence-electron chi connectivity index (χ1n) is 13.5. The molecule has 1 amide bonds. The Morgan fingerprint density at radius 3 is 2.49 bits per heavy atom. The van der Waals surface area contributed by atoms with Gasteiger partial charge in [-0.3, -0.25) is 14.3 Å². The molecule has 0 saturated carbocycles. The van der Waals surface area contributed by atoms with Crippen molar-refractivity contribution in [3.8, 4) is 17.0 Å². The van der Waals surface area contributed by atoms with Crippen molar-refractivity contribution < 1.29 is 9.53 Å². The summed E-state index contributed by atoms with van der Waals surface area (Å²) < 4.78 is 7.97. The van der Waals surface area contributed by atoms with Crippen molar-refractivity contribution in [2.24, 2.45) is 0 Å². The molecule has 9 heteroatoms. The first-order chi connectivity index (χ1) is 19.0. The molecule has 3 heterocycles. The molecule has 9 nitrogen and oxygen atoms in total. The van der Waals surface area contributed by atoms with E-state index in [9.17, 15) is 9.59 Å². The second kappa shape index (κ2) is 11.1. The third kappa shape index (κ3) is 5.04. The van der Waals surface area contributed by atoms with Gasteiger partial charge in [0.15, 0.2) is 5.82 Å². The number of nitrogen functional groups attached to an aromatic ring is 1. The number of hydrogen-bond donors (Lipinski definition) is 2. The number of aromatic nitrogens is 4. The Morgan fingerprint density at radius 2 is 1.82 bits per heavy atom. The van der Waals surface area contributed by atoms with Crippen LogP contribution in [0.4, 0.5) is 5.82 Å². The van der Waals surface area contributed by atoms with Crippen LogP contribution >= 0.6 is 0 Å². The number of rotatable bonds is 5. The minimum Gasteiger partial charge on any atom is -0.490 e. The Hall–Kier alpha value is -4.40. The molecule has 2 aromatic carbocycles. The summed E-state index contributed by atoms with van der Waals surface area (Å²) in [6.07, 6.45) is 4.80. The molecule has 1 aliphatic heterocycles. The fraction of sp³-hybridized carbons (Fsp3) is 0.333. The first kappa shape index (κ1) is 26.2. The summed E-state index contributed by atoms with van der Waals surface area (Å²) >= 11 is 0. The summed E-state index contributed by atoms with van der Waals surface area (Å²) in [5, 5.41) is 11.8. The SMILES string of the molecule is C=CC(=O)N1CCCC(n2nc(-c3ccc(OC4Cc5ccccc5C4)cc3)c3c(N)n[nH]c(=O)c32)C1.CC. The van der Waals surface area contributed by atoms with Crippen LogP contribution in [0.5, 0.6) is 5.75 Å². The van der Waals surface area contributed by atoms with Crippen molar-refractivity contribution >= 4 is 22.6 Å². The van der Waals surface area contributed by atoms with E-state index in [1.165, 1.54) is 17.2 Å². The van der Waals surface area contributed by atoms with Crippen LogP contribution in [-0.4, -0.2) is 50.0 Å². The number of benzene rings is 2. The van der Waals surface area contributed by atoms with Gasteiger partial charge in [0.25, 0.3) is 5.56 Å². The summed E-state index contributed by atoms with van der Waals surface area (Å²) in [7, 11) is 0. The number of aromatic amines is 1. The van der Waals surface area contributed by atoms with Crippen LogP contribution in [0.3, 0.4) is 0 Å². The fourth-order valence-electron chi connectivity index (χ4n) is 5.55. The average Bonchev–Trinajstić information content (AvgIpc) is 3.59. The molecule has 2 aromatic heterocycles. The number of likely N-dealkylation sites (tertiary alicyclic amines) is 1. The summed E-state index contributed by atoms with van der Waals surface area (Å²) in [5.74, 6) is 0.854. The third-order valence-corrected chi connectivity index (χ3v) is 7.33. The summed E-state index contributed by atoms with van der Waals surface area (Å²) in [6.45, 7) is 8.70. The standard InChI is InChI=1S/C28H28N6O3.C2H6/c1-2-23(35)33-13-5-8-20(16-33)34-26-24(27(29)30-31-28(26)36)25(32-34)17-9-11-21(12-10-17)37-22-14-18-6-3-4-7-19(18)15-22;1-2/h2-4,6-7,9-12,20,22H,1,5,8,13-16H2,(H2,29,30)(H,31,36);1-2H3. The zero-order chi connectivity index (χ0) is 27.5. The molecule has 1 saturated heterocycles. The predicted octanol–water partition coefficient (Wildman–Crippen LogP) is 4.29. The molecular formula is C30H34N6O3. The average molecular weight is 527 g/mol. The van der Waals surface area contributed by atoms with E-state index in [1.54, 1.807) is 9.58 Å². The Labute approximate surface area is 227 Å². The zero-order valence-corrected chi connectivity index (χ0v) is 22.4. The second-order valence-corrected chi connectivity index (χ2v) is 9.68. The van der Waals surface area contributed by atoms with Gasteiger partial charge in [0.05, 0.1) is 11.4 Å². The maximum Gasteiger partial charge on any atom is 0.290 e. The number of carbonyl (C=O) groups excluding carboxylic acids is 1. The highest BCUT2D eigenvalue weighted by atomic mass is 16.5. The Balaban J connectivity index is 0.00000151. The predicted molar refractivity (Wildman–Crippen MR) is 153 cm³/mol. The van der Waals surface area contributed by atoms with Crippen LogP contribution in [0.2, 0.25) is 0 Å². The normalized spacial score (nSPS) is 16.9. The molecule has 0 spiro atoms. The molecule has 39 heavy (non-hydrogen) atoms. The lowest BCUT2D eigenvalue weighted by Gasteiger charge is -2.32. The number of carbonyl (C=O) groups is 1. The molecule has 3 N–H and O–H groups in total. The second-order valence-electron chi connectivity index (χ2n) is 9.68. The van der Waals surface area contributed by atoms with E-state index in [2.05, 4.69) is 41.0 Å². The highest BCUT2D eigenvalue weighted by molar-refractivity contribution is 5.99. The van der Waals surface area contributed by atoms with Gasteiger partial charge in [0, 0.05) is 31.5 Å². The summed E-state index contributed by atoms with van der Waals surface area (Å²) in [5.41, 5.74) is 10.3. The topological polar surface area (TPSA) is 119 Å². The summed E-state index contributed by atoms with van der Waals surface area (Å²) in [6, 6.07) is 16.0. The van der Waals surface area contributed by atoms with Gasteiger partial charge in [-0.1, -0.05) is 44.7 Å². The largest absolute Gasteiger partial charge is 0.490 e. The van der Waals surface area contributed by atoms with Crippen molar-refractivity contribution in [3.05, 3.63) is 82.7 Å². The number of piperidine rings is 1. The number of ether oxygens (including phenoxy) is 1. The van der Waals surface area contributed by atoms with Gasteiger partial charge >= 0.3 is 0 Å². The molecule has 0 bridgehead atoms. The molecule has 2 aliphatic rings. The molecule has 6 rings (SSSR count). The number of nitrogens with two attached hydrogens (primary N) is 1. The maximum atomic E-state index is 12.9. The van der Waals surface area contributed by atoms with Crippen LogP contribution in [0, 0.1) is 0 Å². The molecule has 0 radical (unpaired) electrons. The highest BCUT2D eigenvalue weighted by Crippen LogP contribution is 2.34. The number of H-pyrrole nitrogens is 1. The number of nitrogens with one attached hydrogen (secondary N) is 1. The monoisotopic (exact) mass is 526 g/mol. The van der Waals surface area contributed by atoms with Crippen molar-refractivity contribution in [2.45, 2.75) is 51.7 Å². The number of nitrogens with zero attached hydrogens (tertiary/aromatic N) is 4. The Kier molecular flexibility index (Phi) is 7.49. The molecule has 1 atom stereocenters. The third-order valence-electron chi connectivity index (χ3n) is 7.33. The number of anilines is 1.